The van der Waals surface area contributed by atoms with Crippen LogP contribution in [0.2, 0.25) is 0 Å². The van der Waals surface area contributed by atoms with Crippen molar-refractivity contribution in [2.45, 2.75) is 12.1 Å². The van der Waals surface area contributed by atoms with Crippen LogP contribution in [0.4, 0.5) is 0 Å². The Labute approximate surface area is 63.7 Å². The molecule has 0 saturated carbocycles. The molecule has 0 aliphatic carbocycles. The van der Waals surface area contributed by atoms with Crippen molar-refractivity contribution in [3.05, 3.63) is 0 Å². The van der Waals surface area contributed by atoms with E-state index in [0.29, 0.717) is 0 Å². The molecule has 0 aromatic heterocycles. The lowest BCUT2D eigenvalue weighted by molar-refractivity contribution is -0.144. The first-order chi connectivity index (χ1) is 5.20. The molecular weight excluding hydrogens is 150 g/mol. The summed E-state index contributed by atoms with van der Waals surface area (Å²) in [5.41, 5.74) is 0. The summed E-state index contributed by atoms with van der Waals surface area (Å²) >= 11 is 0. The Hall–Kier alpha value is -1.10. The van der Waals surface area contributed by atoms with Gasteiger partial charge in [-0.15, -0.1) is 0 Å². The minimum Gasteiger partial charge on any atom is -0.468 e. The summed E-state index contributed by atoms with van der Waals surface area (Å²) in [6.45, 7) is 0. The molecule has 0 unspecified atom stereocenters. The molecule has 62 valence electrons. The molecule has 0 aromatic rings. The molecule has 1 rings (SSSR count). The quantitative estimate of drug-likeness (QED) is 0.399. The van der Waals surface area contributed by atoms with Gasteiger partial charge in [0.1, 0.15) is 12.1 Å². The molecule has 5 heteroatoms. The van der Waals surface area contributed by atoms with Crippen LogP contribution in [0.15, 0.2) is 0 Å². The van der Waals surface area contributed by atoms with Crippen molar-refractivity contribution in [1.82, 2.24) is 5.32 Å². The first kappa shape index (κ1) is 8.00. The van der Waals surface area contributed by atoms with Crippen molar-refractivity contribution in [2.24, 2.45) is 0 Å². The van der Waals surface area contributed by atoms with E-state index >= 15 is 0 Å². The normalized spacial score (nSPS) is 27.5. The van der Waals surface area contributed by atoms with E-state index in [1.54, 1.807) is 0 Å². The molecular formula is C6H9NO4. The van der Waals surface area contributed by atoms with Gasteiger partial charge in [0.05, 0.1) is 14.2 Å². The highest BCUT2D eigenvalue weighted by molar-refractivity contribution is 5.92. The Bertz CT molecular complexity index is 171. The highest BCUT2D eigenvalue weighted by Crippen LogP contribution is 2.13. The highest BCUT2D eigenvalue weighted by atomic mass is 16.5. The molecule has 1 fully saturated rings. The van der Waals surface area contributed by atoms with E-state index < -0.39 is 24.0 Å². The molecule has 0 amide bonds. The number of methoxy groups -OCH3 is 2. The van der Waals surface area contributed by atoms with Crippen LogP contribution in [0.5, 0.6) is 0 Å². The van der Waals surface area contributed by atoms with Gasteiger partial charge in [-0.3, -0.25) is 14.9 Å². The maximum absolute atomic E-state index is 10.7. The fourth-order valence-electron chi connectivity index (χ4n) is 0.800. The van der Waals surface area contributed by atoms with Gasteiger partial charge in [0.25, 0.3) is 0 Å². The zero-order chi connectivity index (χ0) is 8.43. The first-order valence-corrected chi connectivity index (χ1v) is 3.12. The van der Waals surface area contributed by atoms with E-state index in [4.69, 9.17) is 0 Å². The predicted octanol–water partition coefficient (Wildman–Crippen LogP) is -1.33. The van der Waals surface area contributed by atoms with E-state index in [2.05, 4.69) is 14.8 Å². The Kier molecular flexibility index (Phi) is 2.09. The summed E-state index contributed by atoms with van der Waals surface area (Å²) in [5.74, 6) is -0.860. The van der Waals surface area contributed by atoms with Crippen LogP contribution in [0.1, 0.15) is 0 Å². The lowest BCUT2D eigenvalue weighted by Crippen LogP contribution is -2.18. The zero-order valence-corrected chi connectivity index (χ0v) is 6.29. The SMILES string of the molecule is COC(=O)[C@H]1N[C@@H]1C(=O)OC. The number of hydrogen-bond acceptors (Lipinski definition) is 5. The van der Waals surface area contributed by atoms with E-state index in [1.165, 1.54) is 14.2 Å². The number of rotatable bonds is 2. The molecule has 1 saturated heterocycles. The maximum Gasteiger partial charge on any atom is 0.325 e. The molecule has 1 N–H and O–H groups in total. The van der Waals surface area contributed by atoms with Gasteiger partial charge < -0.3 is 9.47 Å². The smallest absolute Gasteiger partial charge is 0.325 e. The maximum atomic E-state index is 10.7. The van der Waals surface area contributed by atoms with Gasteiger partial charge in [-0.2, -0.15) is 0 Å². The highest BCUT2D eigenvalue weighted by Gasteiger charge is 2.49. The van der Waals surface area contributed by atoms with Gasteiger partial charge >= 0.3 is 11.9 Å². The summed E-state index contributed by atoms with van der Waals surface area (Å²) in [6, 6.07) is -1.01. The van der Waals surface area contributed by atoms with Crippen molar-refractivity contribution in [1.29, 1.82) is 0 Å². The summed E-state index contributed by atoms with van der Waals surface area (Å²) < 4.78 is 8.78. The van der Waals surface area contributed by atoms with Gasteiger partial charge in [0.15, 0.2) is 0 Å². The lowest BCUT2D eigenvalue weighted by atomic mass is 10.3. The minimum absolute atomic E-state index is 0.430. The second-order valence-electron chi connectivity index (χ2n) is 2.17. The average molecular weight is 159 g/mol. The molecule has 1 heterocycles. The standard InChI is InChI=1S/C6H9NO4/c1-10-5(8)3-4(7-3)6(9)11-2/h3-4,7H,1-2H3/t3-,4-/m0/s1. The third-order valence-electron chi connectivity index (χ3n) is 1.49. The second kappa shape index (κ2) is 2.87. The lowest BCUT2D eigenvalue weighted by Gasteiger charge is -1.94. The topological polar surface area (TPSA) is 74.5 Å². The van der Waals surface area contributed by atoms with Crippen LogP contribution in [0.3, 0.4) is 0 Å². The third-order valence-corrected chi connectivity index (χ3v) is 1.49. The van der Waals surface area contributed by atoms with Crippen LogP contribution in [0.25, 0.3) is 0 Å². The number of carbonyl (C=O) groups excluding carboxylic acids is 2. The monoisotopic (exact) mass is 159 g/mol. The number of carbonyl (C=O) groups is 2. The average Bonchev–Trinajstić information content (AvgIpc) is 2.80. The summed E-state index contributed by atoms with van der Waals surface area (Å²) in [6.07, 6.45) is 0. The number of nitrogens with one attached hydrogen (secondary N) is 1. The van der Waals surface area contributed by atoms with Crippen LogP contribution in [-0.4, -0.2) is 38.2 Å². The fraction of sp³-hybridized carbons (Fsp3) is 0.667. The van der Waals surface area contributed by atoms with Crippen LogP contribution in [0, 0.1) is 0 Å². The Morgan fingerprint density at radius 3 is 1.73 bits per heavy atom. The van der Waals surface area contributed by atoms with Crippen molar-refractivity contribution < 1.29 is 19.1 Å². The van der Waals surface area contributed by atoms with Gasteiger partial charge in [-0.1, -0.05) is 0 Å². The molecule has 5 nitrogen and oxygen atoms in total. The Balaban J connectivity index is 2.37. The summed E-state index contributed by atoms with van der Waals surface area (Å²) in [7, 11) is 2.55. The zero-order valence-electron chi connectivity index (χ0n) is 6.29. The summed E-state index contributed by atoms with van der Waals surface area (Å²) in [5, 5.41) is 2.62. The van der Waals surface area contributed by atoms with Crippen molar-refractivity contribution in [3.63, 3.8) is 0 Å². The van der Waals surface area contributed by atoms with Gasteiger partial charge in [0.2, 0.25) is 0 Å². The van der Waals surface area contributed by atoms with Gasteiger partial charge in [-0.25, -0.2) is 0 Å². The first-order valence-electron chi connectivity index (χ1n) is 3.12. The fourth-order valence-corrected chi connectivity index (χ4v) is 0.800. The van der Waals surface area contributed by atoms with E-state index in [1.807, 2.05) is 0 Å². The van der Waals surface area contributed by atoms with Gasteiger partial charge in [-0.05, 0) is 0 Å². The van der Waals surface area contributed by atoms with Crippen molar-refractivity contribution in [3.8, 4) is 0 Å². The second-order valence-corrected chi connectivity index (χ2v) is 2.17. The number of esters is 2. The number of ether oxygens (including phenoxy) is 2. The van der Waals surface area contributed by atoms with Crippen molar-refractivity contribution >= 4 is 11.9 Å². The Morgan fingerprint density at radius 1 is 1.09 bits per heavy atom. The molecule has 0 spiro atoms. The molecule has 1 aliphatic rings. The molecule has 2 atom stereocenters. The molecule has 1 aliphatic heterocycles. The largest absolute Gasteiger partial charge is 0.468 e. The minimum atomic E-state index is -0.507. The van der Waals surface area contributed by atoms with Crippen molar-refractivity contribution in [2.75, 3.05) is 14.2 Å². The van der Waals surface area contributed by atoms with E-state index in [9.17, 15) is 9.59 Å². The Morgan fingerprint density at radius 2 is 1.45 bits per heavy atom. The molecule has 0 bridgehead atoms. The third kappa shape index (κ3) is 1.48. The molecule has 0 radical (unpaired) electrons. The molecule has 0 aromatic carbocycles. The van der Waals surface area contributed by atoms with Crippen LogP contribution in [-0.2, 0) is 19.1 Å². The summed E-state index contributed by atoms with van der Waals surface area (Å²) in [4.78, 5) is 21.4. The van der Waals surface area contributed by atoms with Gasteiger partial charge in [0, 0.05) is 0 Å². The van der Waals surface area contributed by atoms with Crippen LogP contribution >= 0.6 is 0 Å². The molecule has 11 heavy (non-hydrogen) atoms. The van der Waals surface area contributed by atoms with E-state index in [-0.39, 0.29) is 0 Å². The number of hydrogen-bond donors (Lipinski definition) is 1. The van der Waals surface area contributed by atoms with Crippen LogP contribution < -0.4 is 5.32 Å². The van der Waals surface area contributed by atoms with E-state index in [0.717, 1.165) is 0 Å². The predicted molar refractivity (Wildman–Crippen MR) is 34.7 cm³/mol.